The van der Waals surface area contributed by atoms with Crippen molar-refractivity contribution in [3.63, 3.8) is 0 Å². The zero-order valence-corrected chi connectivity index (χ0v) is 13.7. The van der Waals surface area contributed by atoms with Crippen molar-refractivity contribution in [2.75, 3.05) is 26.2 Å². The van der Waals surface area contributed by atoms with Crippen LogP contribution in [0.3, 0.4) is 0 Å². The van der Waals surface area contributed by atoms with Crippen LogP contribution >= 0.6 is 0 Å². The van der Waals surface area contributed by atoms with Gasteiger partial charge in [0.05, 0.1) is 6.61 Å². The Balaban J connectivity index is 2.06. The number of rotatable bonds is 6. The molecule has 3 heteroatoms. The van der Waals surface area contributed by atoms with E-state index >= 15 is 0 Å². The van der Waals surface area contributed by atoms with Crippen LogP contribution in [0.25, 0.3) is 0 Å². The van der Waals surface area contributed by atoms with Crippen molar-refractivity contribution in [3.05, 3.63) is 29.8 Å². The van der Waals surface area contributed by atoms with Gasteiger partial charge in [-0.25, -0.2) is 0 Å². The molecule has 2 N–H and O–H groups in total. The lowest BCUT2D eigenvalue weighted by molar-refractivity contribution is 0.0984. The quantitative estimate of drug-likeness (QED) is 0.872. The van der Waals surface area contributed by atoms with E-state index in [1.54, 1.807) is 0 Å². The monoisotopic (exact) mass is 290 g/mol. The third kappa shape index (κ3) is 4.45. The summed E-state index contributed by atoms with van der Waals surface area (Å²) < 4.78 is 5.66. The van der Waals surface area contributed by atoms with Crippen LogP contribution in [0.4, 0.5) is 0 Å². The first kappa shape index (κ1) is 16.3. The van der Waals surface area contributed by atoms with Crippen molar-refractivity contribution >= 4 is 0 Å². The molecule has 1 unspecified atom stereocenters. The van der Waals surface area contributed by atoms with Gasteiger partial charge in [-0.15, -0.1) is 0 Å². The molecule has 1 fully saturated rings. The standard InChI is InChI=1S/C18H30N2O/c1-4-9-21-17-7-5-16(6-8-17)18(11-19)20-12-14(2)10-15(3)13-20/h5-8,14-15,18H,4,9-13,19H2,1-3H3/t14-,15+,18?. The Kier molecular flexibility index (Phi) is 6.07. The highest BCUT2D eigenvalue weighted by Gasteiger charge is 2.27. The SMILES string of the molecule is CCCOc1ccc(C(CN)N2C[C@H](C)C[C@H](C)C2)cc1. The van der Waals surface area contributed by atoms with Gasteiger partial charge in [0.1, 0.15) is 5.75 Å². The number of ether oxygens (including phenoxy) is 1. The van der Waals surface area contributed by atoms with Crippen molar-refractivity contribution in [2.24, 2.45) is 17.6 Å². The topological polar surface area (TPSA) is 38.5 Å². The number of nitrogens with zero attached hydrogens (tertiary/aromatic N) is 1. The Morgan fingerprint density at radius 1 is 1.19 bits per heavy atom. The molecule has 1 heterocycles. The fourth-order valence-corrected chi connectivity index (χ4v) is 3.47. The lowest BCUT2D eigenvalue weighted by Gasteiger charge is -2.40. The molecule has 0 radical (unpaired) electrons. The third-order valence-corrected chi connectivity index (χ3v) is 4.30. The van der Waals surface area contributed by atoms with Gasteiger partial charge >= 0.3 is 0 Å². The van der Waals surface area contributed by atoms with Gasteiger partial charge in [0.25, 0.3) is 0 Å². The van der Waals surface area contributed by atoms with Crippen LogP contribution in [-0.2, 0) is 0 Å². The van der Waals surface area contributed by atoms with E-state index in [0.29, 0.717) is 12.6 Å². The first-order chi connectivity index (χ1) is 10.1. The molecule has 0 aliphatic carbocycles. The number of hydrogen-bond donors (Lipinski definition) is 1. The zero-order valence-electron chi connectivity index (χ0n) is 13.7. The number of likely N-dealkylation sites (tertiary alicyclic amines) is 1. The van der Waals surface area contributed by atoms with E-state index in [-0.39, 0.29) is 0 Å². The average molecular weight is 290 g/mol. The van der Waals surface area contributed by atoms with Crippen LogP contribution in [0.1, 0.15) is 45.2 Å². The summed E-state index contributed by atoms with van der Waals surface area (Å²) in [5.74, 6) is 2.47. The number of nitrogens with two attached hydrogens (primary N) is 1. The minimum absolute atomic E-state index is 0.329. The van der Waals surface area contributed by atoms with Crippen LogP contribution in [0.2, 0.25) is 0 Å². The molecule has 0 aromatic heterocycles. The molecule has 1 aromatic rings. The number of piperidine rings is 1. The largest absolute Gasteiger partial charge is 0.494 e. The van der Waals surface area contributed by atoms with Gasteiger partial charge in [0.2, 0.25) is 0 Å². The van der Waals surface area contributed by atoms with Crippen LogP contribution < -0.4 is 10.5 Å². The molecule has 118 valence electrons. The summed E-state index contributed by atoms with van der Waals surface area (Å²) in [5.41, 5.74) is 7.38. The molecule has 1 aliphatic rings. The molecular formula is C18H30N2O. The second-order valence-corrected chi connectivity index (χ2v) is 6.57. The molecule has 0 bridgehead atoms. The van der Waals surface area contributed by atoms with E-state index in [9.17, 15) is 0 Å². The van der Waals surface area contributed by atoms with Gasteiger partial charge in [-0.2, -0.15) is 0 Å². The van der Waals surface area contributed by atoms with Crippen molar-refractivity contribution in [2.45, 2.75) is 39.7 Å². The second-order valence-electron chi connectivity index (χ2n) is 6.57. The lowest BCUT2D eigenvalue weighted by atomic mass is 9.89. The van der Waals surface area contributed by atoms with Crippen molar-refractivity contribution in [3.8, 4) is 5.75 Å². The summed E-state index contributed by atoms with van der Waals surface area (Å²) in [4.78, 5) is 2.56. The predicted octanol–water partition coefficient (Wildman–Crippen LogP) is 3.45. The molecular weight excluding hydrogens is 260 g/mol. The normalized spacial score (nSPS) is 24.8. The van der Waals surface area contributed by atoms with Crippen molar-refractivity contribution in [1.29, 1.82) is 0 Å². The first-order valence-corrected chi connectivity index (χ1v) is 8.30. The summed E-state index contributed by atoms with van der Waals surface area (Å²) in [6, 6.07) is 8.82. The highest BCUT2D eigenvalue weighted by Crippen LogP contribution is 2.29. The molecule has 3 atom stereocenters. The fraction of sp³-hybridized carbons (Fsp3) is 0.667. The smallest absolute Gasteiger partial charge is 0.119 e. The molecule has 1 aromatic carbocycles. The van der Waals surface area contributed by atoms with E-state index in [4.69, 9.17) is 10.5 Å². The predicted molar refractivity (Wildman–Crippen MR) is 88.5 cm³/mol. The van der Waals surface area contributed by atoms with Gasteiger partial charge in [0.15, 0.2) is 0 Å². The van der Waals surface area contributed by atoms with E-state index in [1.165, 1.54) is 12.0 Å². The Bertz CT molecular complexity index is 408. The highest BCUT2D eigenvalue weighted by molar-refractivity contribution is 5.29. The summed E-state index contributed by atoms with van der Waals surface area (Å²) in [6.07, 6.45) is 2.37. The Hall–Kier alpha value is -1.06. The van der Waals surface area contributed by atoms with Crippen molar-refractivity contribution < 1.29 is 4.74 Å². The molecule has 2 rings (SSSR count). The maximum Gasteiger partial charge on any atom is 0.119 e. The molecule has 0 saturated carbocycles. The zero-order chi connectivity index (χ0) is 15.2. The van der Waals surface area contributed by atoms with Crippen LogP contribution in [-0.4, -0.2) is 31.1 Å². The summed E-state index contributed by atoms with van der Waals surface area (Å²) in [7, 11) is 0. The minimum Gasteiger partial charge on any atom is -0.494 e. The maximum absolute atomic E-state index is 6.07. The molecule has 0 amide bonds. The summed E-state index contributed by atoms with van der Waals surface area (Å²) in [5, 5.41) is 0. The molecule has 0 spiro atoms. The molecule has 1 aliphatic heterocycles. The lowest BCUT2D eigenvalue weighted by Crippen LogP contribution is -2.43. The van der Waals surface area contributed by atoms with E-state index < -0.39 is 0 Å². The van der Waals surface area contributed by atoms with Gasteiger partial charge in [0, 0.05) is 25.7 Å². The fourth-order valence-electron chi connectivity index (χ4n) is 3.47. The molecule has 1 saturated heterocycles. The van der Waals surface area contributed by atoms with Crippen LogP contribution in [0, 0.1) is 11.8 Å². The van der Waals surface area contributed by atoms with Crippen molar-refractivity contribution in [1.82, 2.24) is 4.90 Å². The van der Waals surface area contributed by atoms with Crippen LogP contribution in [0.15, 0.2) is 24.3 Å². The van der Waals surface area contributed by atoms with E-state index in [0.717, 1.165) is 43.7 Å². The van der Waals surface area contributed by atoms with Crippen LogP contribution in [0.5, 0.6) is 5.75 Å². The van der Waals surface area contributed by atoms with Gasteiger partial charge in [-0.05, 0) is 42.4 Å². The maximum atomic E-state index is 6.07. The highest BCUT2D eigenvalue weighted by atomic mass is 16.5. The van der Waals surface area contributed by atoms with Gasteiger partial charge in [-0.1, -0.05) is 32.9 Å². The first-order valence-electron chi connectivity index (χ1n) is 8.30. The Labute approximate surface area is 129 Å². The van der Waals surface area contributed by atoms with E-state index in [2.05, 4.69) is 49.9 Å². The minimum atomic E-state index is 0.329. The second kappa shape index (κ2) is 7.81. The third-order valence-electron chi connectivity index (χ3n) is 4.30. The summed E-state index contributed by atoms with van der Waals surface area (Å²) >= 11 is 0. The molecule has 3 nitrogen and oxygen atoms in total. The van der Waals surface area contributed by atoms with Gasteiger partial charge < -0.3 is 10.5 Å². The summed E-state index contributed by atoms with van der Waals surface area (Å²) in [6.45, 7) is 10.6. The number of hydrogen-bond acceptors (Lipinski definition) is 3. The Morgan fingerprint density at radius 2 is 1.81 bits per heavy atom. The average Bonchev–Trinajstić information content (AvgIpc) is 2.46. The Morgan fingerprint density at radius 3 is 2.33 bits per heavy atom. The van der Waals surface area contributed by atoms with Gasteiger partial charge in [-0.3, -0.25) is 4.90 Å². The van der Waals surface area contributed by atoms with E-state index in [1.807, 2.05) is 0 Å². The number of benzene rings is 1. The molecule has 21 heavy (non-hydrogen) atoms.